The van der Waals surface area contributed by atoms with Gasteiger partial charge in [-0.05, 0) is 29.7 Å². The zero-order valence-corrected chi connectivity index (χ0v) is 12.7. The van der Waals surface area contributed by atoms with Crippen LogP contribution in [0.25, 0.3) is 5.57 Å². The number of amides is 2. The Morgan fingerprint density at radius 3 is 3.00 bits per heavy atom. The molecule has 5 nitrogen and oxygen atoms in total. The number of aromatic nitrogens is 2. The van der Waals surface area contributed by atoms with Crippen molar-refractivity contribution in [1.82, 2.24) is 14.5 Å². The molecule has 108 valence electrons. The highest BCUT2D eigenvalue weighted by atomic mass is 35.5. The highest BCUT2D eigenvalue weighted by Gasteiger charge is 2.18. The van der Waals surface area contributed by atoms with Crippen molar-refractivity contribution in [2.45, 2.75) is 6.42 Å². The second-order valence-electron chi connectivity index (χ2n) is 4.65. The molecule has 0 fully saturated rings. The summed E-state index contributed by atoms with van der Waals surface area (Å²) in [5.74, 6) is 0. The standard InChI is InChI=1S/C14H13ClN4OS/c15-12-3-1-2-11(8-12)10-4-6-19(7-5-10)14(20)17-13-9-16-18-21-13/h1-4,8-9H,5-7H2,(H,17,20). The number of nitrogens with zero attached hydrogens (tertiary/aromatic N) is 3. The van der Waals surface area contributed by atoms with E-state index in [0.717, 1.165) is 28.5 Å². The van der Waals surface area contributed by atoms with E-state index in [9.17, 15) is 4.79 Å². The monoisotopic (exact) mass is 320 g/mol. The Bertz CT molecular complexity index is 671. The molecule has 1 aliphatic heterocycles. The summed E-state index contributed by atoms with van der Waals surface area (Å²) in [7, 11) is 0. The van der Waals surface area contributed by atoms with Gasteiger partial charge in [0.1, 0.15) is 5.00 Å². The number of carbonyl (C=O) groups excluding carboxylic acids is 1. The fraction of sp³-hybridized carbons (Fsp3) is 0.214. The molecule has 1 aromatic heterocycles. The van der Waals surface area contributed by atoms with E-state index in [1.807, 2.05) is 24.3 Å². The van der Waals surface area contributed by atoms with Crippen molar-refractivity contribution in [3.63, 3.8) is 0 Å². The molecule has 2 amide bonds. The number of hydrogen-bond acceptors (Lipinski definition) is 4. The van der Waals surface area contributed by atoms with Crippen LogP contribution >= 0.6 is 23.1 Å². The maximum absolute atomic E-state index is 12.1. The highest BCUT2D eigenvalue weighted by Crippen LogP contribution is 2.25. The maximum Gasteiger partial charge on any atom is 0.322 e. The molecule has 7 heteroatoms. The molecular formula is C14H13ClN4OS. The minimum Gasteiger partial charge on any atom is -0.320 e. The van der Waals surface area contributed by atoms with Gasteiger partial charge in [-0.3, -0.25) is 5.32 Å². The molecule has 1 aromatic carbocycles. The quantitative estimate of drug-likeness (QED) is 0.921. The molecule has 0 spiro atoms. The second-order valence-corrected chi connectivity index (χ2v) is 5.87. The van der Waals surface area contributed by atoms with E-state index >= 15 is 0 Å². The lowest BCUT2D eigenvalue weighted by molar-refractivity contribution is 0.217. The molecule has 2 heterocycles. The Morgan fingerprint density at radius 1 is 1.43 bits per heavy atom. The van der Waals surface area contributed by atoms with E-state index in [-0.39, 0.29) is 6.03 Å². The topological polar surface area (TPSA) is 58.1 Å². The lowest BCUT2D eigenvalue weighted by Crippen LogP contribution is -2.37. The number of benzene rings is 1. The molecule has 0 radical (unpaired) electrons. The fourth-order valence-corrected chi connectivity index (χ4v) is 2.81. The van der Waals surface area contributed by atoms with Gasteiger partial charge in [-0.2, -0.15) is 0 Å². The summed E-state index contributed by atoms with van der Waals surface area (Å²) >= 11 is 7.17. The molecule has 0 aliphatic carbocycles. The Morgan fingerprint density at radius 2 is 2.33 bits per heavy atom. The summed E-state index contributed by atoms with van der Waals surface area (Å²) in [6.07, 6.45) is 4.42. The number of anilines is 1. The summed E-state index contributed by atoms with van der Waals surface area (Å²) in [6.45, 7) is 1.26. The van der Waals surface area contributed by atoms with Crippen molar-refractivity contribution in [1.29, 1.82) is 0 Å². The van der Waals surface area contributed by atoms with Gasteiger partial charge in [-0.15, -0.1) is 5.10 Å². The largest absolute Gasteiger partial charge is 0.322 e. The predicted molar refractivity (Wildman–Crippen MR) is 84.5 cm³/mol. The van der Waals surface area contributed by atoms with Gasteiger partial charge in [0.2, 0.25) is 0 Å². The first kappa shape index (κ1) is 14.0. The first-order valence-electron chi connectivity index (χ1n) is 6.50. The maximum atomic E-state index is 12.1. The van der Waals surface area contributed by atoms with E-state index in [1.165, 1.54) is 5.57 Å². The van der Waals surface area contributed by atoms with Crippen LogP contribution < -0.4 is 5.32 Å². The zero-order valence-electron chi connectivity index (χ0n) is 11.1. The highest BCUT2D eigenvalue weighted by molar-refractivity contribution is 7.10. The van der Waals surface area contributed by atoms with E-state index in [4.69, 9.17) is 11.6 Å². The smallest absolute Gasteiger partial charge is 0.320 e. The van der Waals surface area contributed by atoms with Crippen LogP contribution in [0, 0.1) is 0 Å². The summed E-state index contributed by atoms with van der Waals surface area (Å²) in [4.78, 5) is 13.8. The summed E-state index contributed by atoms with van der Waals surface area (Å²) in [5.41, 5.74) is 2.34. The van der Waals surface area contributed by atoms with Crippen LogP contribution in [0.4, 0.5) is 9.80 Å². The average Bonchev–Trinajstić information content (AvgIpc) is 3.00. The molecular weight excluding hydrogens is 308 g/mol. The van der Waals surface area contributed by atoms with Gasteiger partial charge >= 0.3 is 6.03 Å². The molecule has 0 bridgehead atoms. The molecule has 1 aliphatic rings. The minimum atomic E-state index is -0.123. The molecule has 1 N–H and O–H groups in total. The SMILES string of the molecule is O=C(Nc1cnns1)N1CC=C(c2cccc(Cl)c2)CC1. The first-order valence-corrected chi connectivity index (χ1v) is 7.66. The van der Waals surface area contributed by atoms with Gasteiger partial charge in [0.05, 0.1) is 6.20 Å². The number of nitrogens with one attached hydrogen (secondary N) is 1. The molecule has 21 heavy (non-hydrogen) atoms. The van der Waals surface area contributed by atoms with Crippen molar-refractivity contribution < 1.29 is 4.79 Å². The third-order valence-corrected chi connectivity index (χ3v) is 4.10. The van der Waals surface area contributed by atoms with Gasteiger partial charge < -0.3 is 4.90 Å². The van der Waals surface area contributed by atoms with E-state index in [1.54, 1.807) is 11.1 Å². The van der Waals surface area contributed by atoms with Crippen LogP contribution in [0.5, 0.6) is 0 Å². The number of rotatable bonds is 2. The summed E-state index contributed by atoms with van der Waals surface area (Å²) < 4.78 is 3.71. The summed E-state index contributed by atoms with van der Waals surface area (Å²) in [6, 6.07) is 7.66. The van der Waals surface area contributed by atoms with E-state index in [2.05, 4.69) is 21.0 Å². The molecule has 0 saturated heterocycles. The summed E-state index contributed by atoms with van der Waals surface area (Å²) in [5, 5.41) is 7.86. The van der Waals surface area contributed by atoms with Gasteiger partial charge in [0.15, 0.2) is 0 Å². The Balaban J connectivity index is 1.65. The number of hydrogen-bond donors (Lipinski definition) is 1. The van der Waals surface area contributed by atoms with Crippen molar-refractivity contribution in [2.75, 3.05) is 18.4 Å². The van der Waals surface area contributed by atoms with Crippen LogP contribution in [0.1, 0.15) is 12.0 Å². The van der Waals surface area contributed by atoms with Crippen molar-refractivity contribution in [2.24, 2.45) is 0 Å². The number of carbonyl (C=O) groups is 1. The van der Waals surface area contributed by atoms with Gasteiger partial charge in [0.25, 0.3) is 0 Å². The number of urea groups is 1. The Kier molecular flexibility index (Phi) is 4.17. The predicted octanol–water partition coefficient (Wildman–Crippen LogP) is 3.51. The van der Waals surface area contributed by atoms with Crippen LogP contribution in [-0.2, 0) is 0 Å². The molecule has 0 saturated carbocycles. The van der Waals surface area contributed by atoms with Crippen LogP contribution in [-0.4, -0.2) is 33.6 Å². The van der Waals surface area contributed by atoms with Crippen LogP contribution in [0.15, 0.2) is 36.5 Å². The lowest BCUT2D eigenvalue weighted by Gasteiger charge is -2.26. The van der Waals surface area contributed by atoms with E-state index in [0.29, 0.717) is 18.1 Å². The number of halogens is 1. The zero-order chi connectivity index (χ0) is 14.7. The normalized spacial score (nSPS) is 14.7. The Labute approximate surface area is 131 Å². The molecule has 2 aromatic rings. The third kappa shape index (κ3) is 3.40. The molecule has 0 unspecified atom stereocenters. The fourth-order valence-electron chi connectivity index (χ4n) is 2.21. The molecule has 0 atom stereocenters. The third-order valence-electron chi connectivity index (χ3n) is 3.28. The van der Waals surface area contributed by atoms with Gasteiger partial charge in [-0.25, -0.2) is 4.79 Å². The minimum absolute atomic E-state index is 0.123. The Hall–Kier alpha value is -1.92. The van der Waals surface area contributed by atoms with Crippen LogP contribution in [0.2, 0.25) is 5.02 Å². The van der Waals surface area contributed by atoms with Gasteiger partial charge in [-0.1, -0.05) is 34.3 Å². The van der Waals surface area contributed by atoms with Crippen molar-refractivity contribution in [3.05, 3.63) is 47.1 Å². The lowest BCUT2D eigenvalue weighted by atomic mass is 10.00. The van der Waals surface area contributed by atoms with Crippen LogP contribution in [0.3, 0.4) is 0 Å². The van der Waals surface area contributed by atoms with Gasteiger partial charge in [0, 0.05) is 29.6 Å². The first-order chi connectivity index (χ1) is 10.2. The second kappa shape index (κ2) is 6.24. The van der Waals surface area contributed by atoms with Crippen molar-refractivity contribution in [3.8, 4) is 0 Å². The van der Waals surface area contributed by atoms with E-state index < -0.39 is 0 Å². The average molecular weight is 321 g/mol. The van der Waals surface area contributed by atoms with Crippen molar-refractivity contribution >= 4 is 39.7 Å². The molecule has 3 rings (SSSR count).